The van der Waals surface area contributed by atoms with Gasteiger partial charge in [0.15, 0.2) is 5.82 Å². The smallest absolute Gasteiger partial charge is 0.238 e. The number of hydrogen-bond acceptors (Lipinski definition) is 5. The lowest BCUT2D eigenvalue weighted by Gasteiger charge is -2.36. The van der Waals surface area contributed by atoms with Crippen molar-refractivity contribution >= 4 is 11.6 Å². The summed E-state index contributed by atoms with van der Waals surface area (Å²) in [6, 6.07) is 6.09. The third kappa shape index (κ3) is 4.24. The third-order valence-electron chi connectivity index (χ3n) is 4.45. The van der Waals surface area contributed by atoms with E-state index in [0.717, 1.165) is 29.2 Å². The molecule has 0 aliphatic carbocycles. The van der Waals surface area contributed by atoms with Crippen molar-refractivity contribution in [3.63, 3.8) is 0 Å². The molecule has 1 fully saturated rings. The van der Waals surface area contributed by atoms with E-state index in [2.05, 4.69) is 32.3 Å². The number of ether oxygens (including phenoxy) is 1. The standard InChI is InChI=1S/C18H25N5O2/c1-11-5-6-15(18-19-14(4)21-22-18)7-16(11)20-17(24)9-23-8-13(3)25-10-12(23)2/h5-7,12-13H,8-10H2,1-4H3,(H,20,24)(H,19,21,22). The molecule has 1 aliphatic heterocycles. The van der Waals surface area contributed by atoms with Crippen LogP contribution in [-0.4, -0.2) is 57.8 Å². The number of nitrogens with zero attached hydrogens (tertiary/aromatic N) is 3. The van der Waals surface area contributed by atoms with Crippen LogP contribution in [0.1, 0.15) is 25.2 Å². The summed E-state index contributed by atoms with van der Waals surface area (Å²) < 4.78 is 5.62. The van der Waals surface area contributed by atoms with Gasteiger partial charge in [-0.1, -0.05) is 12.1 Å². The average Bonchev–Trinajstić information content (AvgIpc) is 2.99. The molecule has 1 amide bonds. The first-order valence-electron chi connectivity index (χ1n) is 8.58. The predicted molar refractivity (Wildman–Crippen MR) is 96.4 cm³/mol. The van der Waals surface area contributed by atoms with Crippen molar-refractivity contribution in [1.29, 1.82) is 0 Å². The van der Waals surface area contributed by atoms with Gasteiger partial charge in [-0.3, -0.25) is 14.8 Å². The molecule has 1 aliphatic rings. The predicted octanol–water partition coefficient (Wildman–Crippen LogP) is 2.14. The summed E-state index contributed by atoms with van der Waals surface area (Å²) in [5.74, 6) is 1.37. The molecule has 1 saturated heterocycles. The molecule has 2 aromatic rings. The highest BCUT2D eigenvalue weighted by molar-refractivity contribution is 5.93. The fourth-order valence-corrected chi connectivity index (χ4v) is 2.93. The Morgan fingerprint density at radius 3 is 2.92 bits per heavy atom. The second-order valence-corrected chi connectivity index (χ2v) is 6.74. The maximum Gasteiger partial charge on any atom is 0.238 e. The number of aromatic amines is 1. The number of H-pyrrole nitrogens is 1. The number of anilines is 1. The molecule has 1 aromatic carbocycles. The monoisotopic (exact) mass is 343 g/mol. The Morgan fingerprint density at radius 2 is 2.20 bits per heavy atom. The summed E-state index contributed by atoms with van der Waals surface area (Å²) in [6.07, 6.45) is 0.156. The number of hydrogen-bond donors (Lipinski definition) is 2. The zero-order valence-corrected chi connectivity index (χ0v) is 15.2. The third-order valence-corrected chi connectivity index (χ3v) is 4.45. The van der Waals surface area contributed by atoms with E-state index in [-0.39, 0.29) is 18.1 Å². The van der Waals surface area contributed by atoms with Crippen LogP contribution < -0.4 is 5.32 Å². The Bertz CT molecular complexity index is 758. The van der Waals surface area contributed by atoms with E-state index in [0.29, 0.717) is 19.0 Å². The number of carbonyl (C=O) groups excluding carboxylic acids is 1. The first-order chi connectivity index (χ1) is 11.9. The van der Waals surface area contributed by atoms with Crippen LogP contribution in [0.3, 0.4) is 0 Å². The zero-order valence-electron chi connectivity index (χ0n) is 15.2. The van der Waals surface area contributed by atoms with Crippen LogP contribution in [0.2, 0.25) is 0 Å². The second-order valence-electron chi connectivity index (χ2n) is 6.74. The highest BCUT2D eigenvalue weighted by atomic mass is 16.5. The van der Waals surface area contributed by atoms with E-state index < -0.39 is 0 Å². The minimum Gasteiger partial charge on any atom is -0.376 e. The van der Waals surface area contributed by atoms with Gasteiger partial charge in [-0.2, -0.15) is 5.10 Å². The van der Waals surface area contributed by atoms with Gasteiger partial charge in [-0.15, -0.1) is 0 Å². The summed E-state index contributed by atoms with van der Waals surface area (Å²) in [4.78, 5) is 19.0. The van der Waals surface area contributed by atoms with Crippen LogP contribution in [0.15, 0.2) is 18.2 Å². The minimum atomic E-state index is -0.0210. The first kappa shape index (κ1) is 17.6. The van der Waals surface area contributed by atoms with Gasteiger partial charge in [0, 0.05) is 23.8 Å². The fraction of sp³-hybridized carbons (Fsp3) is 0.500. The summed E-state index contributed by atoms with van der Waals surface area (Å²) in [5.41, 5.74) is 2.67. The van der Waals surface area contributed by atoms with Crippen LogP contribution in [0, 0.1) is 13.8 Å². The number of rotatable bonds is 4. The van der Waals surface area contributed by atoms with E-state index in [1.165, 1.54) is 0 Å². The van der Waals surface area contributed by atoms with Crippen molar-refractivity contribution in [2.24, 2.45) is 0 Å². The Morgan fingerprint density at radius 1 is 1.40 bits per heavy atom. The Balaban J connectivity index is 1.70. The molecule has 7 nitrogen and oxygen atoms in total. The molecule has 2 heterocycles. The minimum absolute atomic E-state index is 0.0210. The first-order valence-corrected chi connectivity index (χ1v) is 8.58. The molecule has 0 radical (unpaired) electrons. The van der Waals surface area contributed by atoms with E-state index in [9.17, 15) is 4.79 Å². The average molecular weight is 343 g/mol. The molecule has 7 heteroatoms. The van der Waals surface area contributed by atoms with Crippen molar-refractivity contribution in [2.75, 3.05) is 25.0 Å². The van der Waals surface area contributed by atoms with Crippen LogP contribution in [-0.2, 0) is 9.53 Å². The quantitative estimate of drug-likeness (QED) is 0.889. The number of benzene rings is 1. The molecule has 2 N–H and O–H groups in total. The summed E-state index contributed by atoms with van der Waals surface area (Å²) in [7, 11) is 0. The van der Waals surface area contributed by atoms with Gasteiger partial charge in [0.25, 0.3) is 0 Å². The maximum atomic E-state index is 12.5. The molecule has 1 aromatic heterocycles. The SMILES string of the molecule is Cc1nc(-c2ccc(C)c(NC(=O)CN3CC(C)OCC3C)c2)n[nH]1. The lowest BCUT2D eigenvalue weighted by molar-refractivity contribution is -0.121. The van der Waals surface area contributed by atoms with Crippen molar-refractivity contribution in [3.05, 3.63) is 29.6 Å². The van der Waals surface area contributed by atoms with Crippen molar-refractivity contribution in [3.8, 4) is 11.4 Å². The molecule has 0 saturated carbocycles. The van der Waals surface area contributed by atoms with E-state index in [1.807, 2.05) is 39.0 Å². The topological polar surface area (TPSA) is 83.1 Å². The number of morpholine rings is 1. The highest BCUT2D eigenvalue weighted by Crippen LogP contribution is 2.23. The largest absolute Gasteiger partial charge is 0.376 e. The molecular formula is C18H25N5O2. The molecule has 3 rings (SSSR count). The summed E-state index contributed by atoms with van der Waals surface area (Å²) >= 11 is 0. The van der Waals surface area contributed by atoms with Gasteiger partial charge >= 0.3 is 0 Å². The lowest BCUT2D eigenvalue weighted by Crippen LogP contribution is -2.50. The molecule has 2 atom stereocenters. The van der Waals surface area contributed by atoms with Gasteiger partial charge < -0.3 is 10.1 Å². The number of aryl methyl sites for hydroxylation is 2. The second kappa shape index (κ2) is 7.33. The van der Waals surface area contributed by atoms with Crippen LogP contribution >= 0.6 is 0 Å². The number of amides is 1. The van der Waals surface area contributed by atoms with E-state index in [4.69, 9.17) is 4.74 Å². The molecule has 0 bridgehead atoms. The van der Waals surface area contributed by atoms with Gasteiger partial charge in [0.2, 0.25) is 5.91 Å². The molecule has 0 spiro atoms. The molecular weight excluding hydrogens is 318 g/mol. The number of aromatic nitrogens is 3. The van der Waals surface area contributed by atoms with Crippen molar-refractivity contribution < 1.29 is 9.53 Å². The van der Waals surface area contributed by atoms with Gasteiger partial charge in [0.05, 0.1) is 19.3 Å². The lowest BCUT2D eigenvalue weighted by atomic mass is 10.1. The fourth-order valence-electron chi connectivity index (χ4n) is 2.93. The maximum absolute atomic E-state index is 12.5. The Hall–Kier alpha value is -2.25. The van der Waals surface area contributed by atoms with E-state index in [1.54, 1.807) is 0 Å². The normalized spacial score (nSPS) is 21.3. The summed E-state index contributed by atoms with van der Waals surface area (Å²) in [6.45, 7) is 9.73. The Labute approximate surface area is 147 Å². The number of nitrogens with one attached hydrogen (secondary N) is 2. The highest BCUT2D eigenvalue weighted by Gasteiger charge is 2.25. The van der Waals surface area contributed by atoms with Crippen molar-refractivity contribution in [2.45, 2.75) is 39.8 Å². The van der Waals surface area contributed by atoms with Gasteiger partial charge in [0.1, 0.15) is 5.82 Å². The van der Waals surface area contributed by atoms with Crippen LogP contribution in [0.25, 0.3) is 11.4 Å². The van der Waals surface area contributed by atoms with Gasteiger partial charge in [-0.05, 0) is 39.3 Å². The molecule has 134 valence electrons. The molecule has 2 unspecified atom stereocenters. The number of carbonyl (C=O) groups is 1. The Kier molecular flexibility index (Phi) is 5.15. The van der Waals surface area contributed by atoms with E-state index >= 15 is 0 Å². The molecule has 25 heavy (non-hydrogen) atoms. The van der Waals surface area contributed by atoms with Gasteiger partial charge in [-0.25, -0.2) is 4.98 Å². The van der Waals surface area contributed by atoms with Crippen LogP contribution in [0.5, 0.6) is 0 Å². The zero-order chi connectivity index (χ0) is 18.0. The van der Waals surface area contributed by atoms with Crippen molar-refractivity contribution in [1.82, 2.24) is 20.1 Å². The summed E-state index contributed by atoms with van der Waals surface area (Å²) in [5, 5.41) is 10.0. The van der Waals surface area contributed by atoms with Crippen LogP contribution in [0.4, 0.5) is 5.69 Å².